The molecule has 2 aromatic carbocycles. The minimum atomic E-state index is -0.963. The lowest BCUT2D eigenvalue weighted by molar-refractivity contribution is -0.168. The highest BCUT2D eigenvalue weighted by atomic mass is 32.1. The van der Waals surface area contributed by atoms with Gasteiger partial charge in [-0.3, -0.25) is 9.63 Å². The van der Waals surface area contributed by atoms with Crippen LogP contribution in [0.1, 0.15) is 61.3 Å². The van der Waals surface area contributed by atoms with Gasteiger partial charge in [0.2, 0.25) is 5.91 Å². The quantitative estimate of drug-likeness (QED) is 0.0949. The summed E-state index contributed by atoms with van der Waals surface area (Å²) < 4.78 is 11.8. The number of hydrogen-bond acceptors (Lipinski definition) is 9. The number of hydroxylamine groups is 2. The van der Waals surface area contributed by atoms with Gasteiger partial charge in [-0.2, -0.15) is 0 Å². The third-order valence-corrected chi connectivity index (χ3v) is 8.84. The van der Waals surface area contributed by atoms with Crippen molar-refractivity contribution in [3.05, 3.63) is 64.1 Å². The highest BCUT2D eigenvalue weighted by Gasteiger charge is 2.18. The zero-order valence-electron chi connectivity index (χ0n) is 27.3. The molecule has 1 unspecified atom stereocenters. The van der Waals surface area contributed by atoms with Gasteiger partial charge in [0.05, 0.1) is 32.4 Å². The lowest BCUT2D eigenvalue weighted by atomic mass is 10.0. The summed E-state index contributed by atoms with van der Waals surface area (Å²) >= 11 is 1.64. The van der Waals surface area contributed by atoms with Crippen LogP contribution in [0.4, 0.5) is 10.6 Å². The van der Waals surface area contributed by atoms with Crippen LogP contribution < -0.4 is 14.8 Å². The van der Waals surface area contributed by atoms with E-state index < -0.39 is 6.09 Å². The summed E-state index contributed by atoms with van der Waals surface area (Å²) in [4.78, 5) is 40.0. The van der Waals surface area contributed by atoms with Crippen LogP contribution in [0.25, 0.3) is 22.0 Å². The molecule has 0 spiro atoms. The smallest absolute Gasteiger partial charge is 0.407 e. The van der Waals surface area contributed by atoms with Crippen LogP contribution in [0.15, 0.2) is 47.8 Å². The molecule has 12 heteroatoms. The summed E-state index contributed by atoms with van der Waals surface area (Å²) in [6.07, 6.45) is 3.04. The van der Waals surface area contributed by atoms with Crippen LogP contribution in [0.3, 0.4) is 0 Å². The molecule has 2 heterocycles. The van der Waals surface area contributed by atoms with Crippen molar-refractivity contribution in [2.75, 3.05) is 40.2 Å². The Labute approximate surface area is 274 Å². The van der Waals surface area contributed by atoms with Crippen LogP contribution in [0.5, 0.6) is 11.5 Å². The van der Waals surface area contributed by atoms with Crippen LogP contribution in [0.2, 0.25) is 0 Å². The molecule has 0 aliphatic carbocycles. The molecule has 46 heavy (non-hydrogen) atoms. The van der Waals surface area contributed by atoms with Crippen molar-refractivity contribution in [3.8, 4) is 22.6 Å². The number of nitrogens with zero attached hydrogens (tertiary/aromatic N) is 4. The number of unbranched alkanes of at least 4 members (excludes halogenated alkanes) is 3. The molecule has 11 nitrogen and oxygen atoms in total. The van der Waals surface area contributed by atoms with E-state index in [2.05, 4.69) is 28.7 Å². The Kier molecular flexibility index (Phi) is 12.2. The first-order chi connectivity index (χ1) is 22.1. The number of anilines is 1. The highest BCUT2D eigenvalue weighted by molar-refractivity contribution is 7.10. The number of aromatic nitrogens is 2. The van der Waals surface area contributed by atoms with Gasteiger partial charge in [0, 0.05) is 43.4 Å². The summed E-state index contributed by atoms with van der Waals surface area (Å²) in [7, 11) is 6.29. The molecule has 0 radical (unpaired) electrons. The average molecular weight is 650 g/mol. The highest BCUT2D eigenvalue weighted by Crippen LogP contribution is 2.37. The molecule has 0 fully saturated rings. The van der Waals surface area contributed by atoms with Crippen molar-refractivity contribution in [1.82, 2.24) is 19.9 Å². The van der Waals surface area contributed by atoms with Gasteiger partial charge >= 0.3 is 6.09 Å². The predicted molar refractivity (Wildman–Crippen MR) is 180 cm³/mol. The molecule has 0 saturated carbocycles. The van der Waals surface area contributed by atoms with Crippen molar-refractivity contribution in [1.29, 1.82) is 0 Å². The maximum Gasteiger partial charge on any atom is 0.407 e. The maximum absolute atomic E-state index is 11.8. The summed E-state index contributed by atoms with van der Waals surface area (Å²) in [5.41, 5.74) is 3.75. The molecule has 246 valence electrons. The Hall–Kier alpha value is -4.42. The number of methoxy groups -OCH3 is 1. The molecule has 0 saturated heterocycles. The standard InChI is InChI=1S/C34H43N5O6S/c1-22(31-17-25(21-46-31)26-14-11-10-13-24(26)20-38(3)34(41)42)35-33-27-18-29(43-5)30(19-28(27)36-23(2)37-33)45-16-12-8-7-9-15-32(40)39(4)44-6/h10-11,13-14,17-19,21-22H,7-9,12,15-16,20H2,1-6H3,(H,41,42)(H,35,36,37). The minimum Gasteiger partial charge on any atom is -0.493 e. The van der Waals surface area contributed by atoms with E-state index in [1.165, 1.54) is 17.1 Å². The second-order valence-electron chi connectivity index (χ2n) is 11.1. The largest absolute Gasteiger partial charge is 0.493 e. The van der Waals surface area contributed by atoms with Crippen molar-refractivity contribution in [2.24, 2.45) is 0 Å². The fourth-order valence-electron chi connectivity index (χ4n) is 5.07. The fraction of sp³-hybridized carbons (Fsp3) is 0.412. The predicted octanol–water partition coefficient (Wildman–Crippen LogP) is 7.31. The van der Waals surface area contributed by atoms with Gasteiger partial charge in [-0.15, -0.1) is 11.3 Å². The molecule has 0 bridgehead atoms. The third kappa shape index (κ3) is 8.85. The van der Waals surface area contributed by atoms with Crippen LogP contribution in [0, 0.1) is 6.92 Å². The van der Waals surface area contributed by atoms with E-state index >= 15 is 0 Å². The zero-order chi connectivity index (χ0) is 33.2. The summed E-state index contributed by atoms with van der Waals surface area (Å²) in [5.74, 6) is 2.54. The van der Waals surface area contributed by atoms with Gasteiger partial charge in [0.1, 0.15) is 11.6 Å². The third-order valence-electron chi connectivity index (χ3n) is 7.72. The van der Waals surface area contributed by atoms with Gasteiger partial charge in [-0.05, 0) is 60.9 Å². The molecule has 1 atom stereocenters. The van der Waals surface area contributed by atoms with E-state index in [4.69, 9.17) is 19.3 Å². The Balaban J connectivity index is 1.43. The number of carbonyl (C=O) groups is 2. The number of fused-ring (bicyclic) bond motifs is 1. The number of amides is 2. The second-order valence-corrected chi connectivity index (χ2v) is 12.1. The molecular formula is C34H43N5O6S. The lowest BCUT2D eigenvalue weighted by Crippen LogP contribution is -2.24. The number of aryl methyl sites for hydroxylation is 1. The van der Waals surface area contributed by atoms with Crippen LogP contribution >= 0.6 is 11.3 Å². The van der Waals surface area contributed by atoms with E-state index in [1.54, 1.807) is 32.5 Å². The van der Waals surface area contributed by atoms with Crippen molar-refractivity contribution in [3.63, 3.8) is 0 Å². The summed E-state index contributed by atoms with van der Waals surface area (Å²) in [5, 5.41) is 17.1. The molecule has 0 aliphatic rings. The molecule has 2 N–H and O–H groups in total. The first-order valence-electron chi connectivity index (χ1n) is 15.3. The molecule has 2 aromatic heterocycles. The van der Waals surface area contributed by atoms with Gasteiger partial charge in [0.25, 0.3) is 0 Å². The summed E-state index contributed by atoms with van der Waals surface area (Å²) in [6.45, 7) is 4.78. The Morgan fingerprint density at radius 1 is 1.02 bits per heavy atom. The topological polar surface area (TPSA) is 126 Å². The fourth-order valence-corrected chi connectivity index (χ4v) is 5.98. The Morgan fingerprint density at radius 2 is 1.78 bits per heavy atom. The second kappa shape index (κ2) is 16.2. The first kappa shape index (κ1) is 34.5. The Bertz CT molecular complexity index is 1640. The van der Waals surface area contributed by atoms with E-state index in [-0.39, 0.29) is 11.9 Å². The number of carboxylic acid groups (broad SMARTS) is 1. The van der Waals surface area contributed by atoms with Crippen molar-refractivity contribution in [2.45, 2.75) is 58.5 Å². The van der Waals surface area contributed by atoms with Crippen molar-refractivity contribution >= 4 is 40.1 Å². The number of benzene rings is 2. The van der Waals surface area contributed by atoms with E-state index in [9.17, 15) is 14.7 Å². The minimum absolute atomic E-state index is 0.0238. The molecule has 4 aromatic rings. The lowest BCUT2D eigenvalue weighted by Gasteiger charge is -2.17. The molecule has 4 rings (SSSR count). The molecular weight excluding hydrogens is 606 g/mol. The number of ether oxygens (including phenoxy) is 2. The number of rotatable bonds is 16. The normalized spacial score (nSPS) is 11.7. The molecule has 0 aliphatic heterocycles. The first-order valence-corrected chi connectivity index (χ1v) is 16.2. The van der Waals surface area contributed by atoms with Gasteiger partial charge in [-0.1, -0.05) is 37.1 Å². The monoisotopic (exact) mass is 649 g/mol. The van der Waals surface area contributed by atoms with E-state index in [0.717, 1.165) is 58.2 Å². The SMILES string of the molecule is COc1cc2c(NC(C)c3cc(-c4ccccc4CN(C)C(=O)O)cs3)nc(C)nc2cc1OCCCCCCC(=O)N(C)OC. The van der Waals surface area contributed by atoms with Crippen molar-refractivity contribution < 1.29 is 29.0 Å². The molecule has 2 amide bonds. The Morgan fingerprint density at radius 3 is 2.52 bits per heavy atom. The van der Waals surface area contributed by atoms with E-state index in [0.29, 0.717) is 42.7 Å². The van der Waals surface area contributed by atoms with Crippen LogP contribution in [-0.4, -0.2) is 72.0 Å². The van der Waals surface area contributed by atoms with Gasteiger partial charge < -0.3 is 24.8 Å². The zero-order valence-corrected chi connectivity index (χ0v) is 28.1. The number of nitrogens with one attached hydrogen (secondary N) is 1. The average Bonchev–Trinajstić information content (AvgIpc) is 3.54. The van der Waals surface area contributed by atoms with Gasteiger partial charge in [0.15, 0.2) is 11.5 Å². The maximum atomic E-state index is 11.8. The number of carbonyl (C=O) groups excluding carboxylic acids is 1. The summed E-state index contributed by atoms with van der Waals surface area (Å²) in [6, 6.07) is 13.8. The van der Waals surface area contributed by atoms with E-state index in [1.807, 2.05) is 43.3 Å². The van der Waals surface area contributed by atoms with Gasteiger partial charge in [-0.25, -0.2) is 19.8 Å². The number of hydrogen-bond donors (Lipinski definition) is 2. The number of thiophene rings is 1. The van der Waals surface area contributed by atoms with Crippen LogP contribution in [-0.2, 0) is 16.2 Å².